The lowest BCUT2D eigenvalue weighted by Crippen LogP contribution is -2.27. The number of benzene rings is 1. The van der Waals surface area contributed by atoms with E-state index < -0.39 is 11.7 Å². The average molecular weight is 447 g/mol. The zero-order valence-electron chi connectivity index (χ0n) is 16.7. The van der Waals surface area contributed by atoms with Crippen LogP contribution < -0.4 is 16.4 Å². The first-order valence-electron chi connectivity index (χ1n) is 9.19. The molecule has 0 radical (unpaired) electrons. The second-order valence-corrected chi connectivity index (χ2v) is 7.07. The topological polar surface area (TPSA) is 136 Å². The fourth-order valence-corrected chi connectivity index (χ4v) is 3.09. The molecule has 162 valence electrons. The predicted octanol–water partition coefficient (Wildman–Crippen LogP) is 2.53. The number of ketones is 1. The Hall–Kier alpha value is -3.66. The van der Waals surface area contributed by atoms with E-state index in [-0.39, 0.29) is 30.7 Å². The molecule has 0 fully saturated rings. The van der Waals surface area contributed by atoms with E-state index in [0.29, 0.717) is 33.6 Å². The van der Waals surface area contributed by atoms with Crippen LogP contribution >= 0.6 is 11.6 Å². The van der Waals surface area contributed by atoms with Crippen LogP contribution in [0.4, 0.5) is 10.5 Å². The molecule has 2 heterocycles. The average Bonchev–Trinajstić information content (AvgIpc) is 3.14. The minimum absolute atomic E-state index is 0.0960. The van der Waals surface area contributed by atoms with Gasteiger partial charge in [-0.3, -0.25) is 24.3 Å². The number of methoxy groups -OCH3 is 1. The molecule has 11 heteroatoms. The summed E-state index contributed by atoms with van der Waals surface area (Å²) in [7, 11) is 1.23. The van der Waals surface area contributed by atoms with E-state index in [1.165, 1.54) is 29.9 Å². The number of aromatic nitrogens is 3. The highest BCUT2D eigenvalue weighted by molar-refractivity contribution is 6.31. The zero-order chi connectivity index (χ0) is 22.5. The summed E-state index contributed by atoms with van der Waals surface area (Å²) in [6.45, 7) is 1.44. The zero-order valence-corrected chi connectivity index (χ0v) is 17.5. The van der Waals surface area contributed by atoms with Crippen molar-refractivity contribution in [3.05, 3.63) is 67.6 Å². The summed E-state index contributed by atoms with van der Waals surface area (Å²) in [5.41, 5.74) is 0.298. The molecule has 0 saturated heterocycles. The molecule has 10 nitrogen and oxygen atoms in total. The van der Waals surface area contributed by atoms with Crippen molar-refractivity contribution < 1.29 is 18.8 Å². The number of carbonyl (C=O) groups is 2. The van der Waals surface area contributed by atoms with E-state index in [2.05, 4.69) is 20.2 Å². The third kappa shape index (κ3) is 5.48. The van der Waals surface area contributed by atoms with Crippen molar-refractivity contribution in [3.8, 4) is 11.3 Å². The lowest BCUT2D eigenvalue weighted by Gasteiger charge is -2.13. The Morgan fingerprint density at radius 3 is 2.68 bits per heavy atom. The second kappa shape index (κ2) is 9.43. The Bertz CT molecular complexity index is 1240. The second-order valence-electron chi connectivity index (χ2n) is 6.64. The first-order valence-corrected chi connectivity index (χ1v) is 9.57. The number of amides is 1. The summed E-state index contributed by atoms with van der Waals surface area (Å²) in [5, 5.41) is 5.07. The van der Waals surface area contributed by atoms with Crippen molar-refractivity contribution in [2.75, 3.05) is 12.4 Å². The van der Waals surface area contributed by atoms with Crippen molar-refractivity contribution in [1.82, 2.24) is 14.7 Å². The summed E-state index contributed by atoms with van der Waals surface area (Å²) in [6.07, 6.45) is -0.360. The quantitative estimate of drug-likeness (QED) is 0.569. The number of hydrogen-bond donors (Lipinski definition) is 2. The number of aromatic amines is 1. The number of carbonyl (C=O) groups excluding carboxylic acids is 2. The Kier molecular flexibility index (Phi) is 6.71. The van der Waals surface area contributed by atoms with Crippen molar-refractivity contribution in [1.29, 1.82) is 0 Å². The number of aryl methyl sites for hydroxylation is 2. The maximum absolute atomic E-state index is 12.7. The van der Waals surface area contributed by atoms with E-state index in [1.54, 1.807) is 19.1 Å². The highest BCUT2D eigenvalue weighted by atomic mass is 35.5. The summed E-state index contributed by atoms with van der Waals surface area (Å²) in [6, 6.07) is 7.28. The SMILES string of the molecule is COC(=O)Nc1cc(Cl)ccc1-c1cc(=O)n(CC(=O)CCc2cc(=O)[nH]o2)c(C)n1. The van der Waals surface area contributed by atoms with Crippen LogP contribution in [0.3, 0.4) is 0 Å². The van der Waals surface area contributed by atoms with E-state index >= 15 is 0 Å². The van der Waals surface area contributed by atoms with E-state index in [1.807, 2.05) is 0 Å². The molecule has 0 aliphatic heterocycles. The maximum atomic E-state index is 12.7. The number of H-pyrrole nitrogens is 1. The van der Waals surface area contributed by atoms with Gasteiger partial charge in [-0.2, -0.15) is 5.16 Å². The minimum atomic E-state index is -0.697. The molecule has 0 aliphatic carbocycles. The number of halogens is 1. The largest absolute Gasteiger partial charge is 0.453 e. The molecular formula is C20H19ClN4O6. The van der Waals surface area contributed by atoms with Crippen molar-refractivity contribution in [2.24, 2.45) is 0 Å². The van der Waals surface area contributed by atoms with Crippen LogP contribution in [0, 0.1) is 6.92 Å². The van der Waals surface area contributed by atoms with Crippen LogP contribution in [0.25, 0.3) is 11.3 Å². The number of rotatable bonds is 7. The van der Waals surface area contributed by atoms with Crippen molar-refractivity contribution >= 4 is 29.2 Å². The van der Waals surface area contributed by atoms with Gasteiger partial charge in [0.2, 0.25) is 0 Å². The smallest absolute Gasteiger partial charge is 0.411 e. The molecule has 0 bridgehead atoms. The minimum Gasteiger partial charge on any atom is -0.453 e. The van der Waals surface area contributed by atoms with E-state index in [4.69, 9.17) is 16.1 Å². The van der Waals surface area contributed by atoms with Crippen molar-refractivity contribution in [3.63, 3.8) is 0 Å². The summed E-state index contributed by atoms with van der Waals surface area (Å²) >= 11 is 6.01. The van der Waals surface area contributed by atoms with Crippen LogP contribution in [-0.4, -0.2) is 33.7 Å². The third-order valence-electron chi connectivity index (χ3n) is 4.44. The Morgan fingerprint density at radius 2 is 2.03 bits per heavy atom. The highest BCUT2D eigenvalue weighted by Crippen LogP contribution is 2.29. The molecule has 31 heavy (non-hydrogen) atoms. The monoisotopic (exact) mass is 446 g/mol. The van der Waals surface area contributed by atoms with Gasteiger partial charge in [0.15, 0.2) is 5.78 Å². The number of ether oxygens (including phenoxy) is 1. The van der Waals surface area contributed by atoms with Crippen LogP contribution in [0.2, 0.25) is 5.02 Å². The lowest BCUT2D eigenvalue weighted by atomic mass is 10.1. The molecule has 0 unspecified atom stereocenters. The molecule has 0 atom stereocenters. The van der Waals surface area contributed by atoms with Gasteiger partial charge in [-0.25, -0.2) is 9.78 Å². The van der Waals surface area contributed by atoms with E-state index in [9.17, 15) is 19.2 Å². The molecule has 2 aromatic heterocycles. The normalized spacial score (nSPS) is 10.7. The number of Topliss-reactive ketones (excluding diaryl/α,β-unsaturated/α-hetero) is 1. The Morgan fingerprint density at radius 1 is 1.26 bits per heavy atom. The molecule has 1 amide bonds. The van der Waals surface area contributed by atoms with Gasteiger partial charge in [0.05, 0.1) is 25.0 Å². The Balaban J connectivity index is 1.82. The van der Waals surface area contributed by atoms with Crippen LogP contribution in [0.15, 0.2) is 44.4 Å². The summed E-state index contributed by atoms with van der Waals surface area (Å²) in [5.74, 6) is 0.468. The first kappa shape index (κ1) is 22.0. The van der Waals surface area contributed by atoms with Gasteiger partial charge in [-0.15, -0.1) is 0 Å². The summed E-state index contributed by atoms with van der Waals surface area (Å²) in [4.78, 5) is 52.1. The molecule has 0 spiro atoms. The molecule has 1 aromatic carbocycles. The number of hydrogen-bond acceptors (Lipinski definition) is 7. The van der Waals surface area contributed by atoms with Crippen molar-refractivity contribution in [2.45, 2.75) is 26.3 Å². The van der Waals surface area contributed by atoms with Gasteiger partial charge in [0.25, 0.3) is 11.1 Å². The van der Waals surface area contributed by atoms with Crippen LogP contribution in [0.1, 0.15) is 18.0 Å². The first-order chi connectivity index (χ1) is 14.8. The predicted molar refractivity (Wildman–Crippen MR) is 112 cm³/mol. The lowest BCUT2D eigenvalue weighted by molar-refractivity contribution is -0.119. The molecule has 3 aromatic rings. The van der Waals surface area contributed by atoms with Crippen LogP contribution in [0.5, 0.6) is 0 Å². The van der Waals surface area contributed by atoms with Gasteiger partial charge in [-0.1, -0.05) is 11.6 Å². The van der Waals surface area contributed by atoms with Gasteiger partial charge < -0.3 is 9.26 Å². The fraction of sp³-hybridized carbons (Fsp3) is 0.250. The molecular weight excluding hydrogens is 428 g/mol. The summed E-state index contributed by atoms with van der Waals surface area (Å²) < 4.78 is 10.8. The maximum Gasteiger partial charge on any atom is 0.411 e. The highest BCUT2D eigenvalue weighted by Gasteiger charge is 2.15. The fourth-order valence-electron chi connectivity index (χ4n) is 2.92. The van der Waals surface area contributed by atoms with Gasteiger partial charge >= 0.3 is 6.09 Å². The number of anilines is 1. The number of nitrogens with zero attached hydrogens (tertiary/aromatic N) is 2. The number of nitrogens with one attached hydrogen (secondary N) is 2. The van der Waals surface area contributed by atoms with Crippen LogP contribution in [-0.2, 0) is 22.5 Å². The molecule has 0 saturated carbocycles. The van der Waals surface area contributed by atoms with Gasteiger partial charge in [0, 0.05) is 35.6 Å². The molecule has 2 N–H and O–H groups in total. The Labute approximate surface area is 180 Å². The molecule has 3 rings (SSSR count). The van der Waals surface area contributed by atoms with E-state index in [0.717, 1.165) is 0 Å². The third-order valence-corrected chi connectivity index (χ3v) is 4.67. The van der Waals surface area contributed by atoms with Gasteiger partial charge in [0.1, 0.15) is 11.6 Å². The molecule has 0 aliphatic rings. The standard InChI is InChI=1S/C20H19ClN4O6/c1-11-22-17(15-6-3-12(21)7-16(15)23-20(29)30-2)9-19(28)25(11)10-13(26)4-5-14-8-18(27)24-31-14/h3,6-9H,4-5,10H2,1-2H3,(H,23,29)(H,24,27). The van der Waals surface area contributed by atoms with Gasteiger partial charge in [-0.05, 0) is 25.1 Å².